The highest BCUT2D eigenvalue weighted by atomic mass is 35.5. The predicted molar refractivity (Wildman–Crippen MR) is 93.0 cm³/mol. The van der Waals surface area contributed by atoms with Gasteiger partial charge in [0, 0.05) is 19.3 Å². The minimum Gasteiger partial charge on any atom is -0.319 e. The van der Waals surface area contributed by atoms with Gasteiger partial charge in [0.15, 0.2) is 4.80 Å². The first-order valence-corrected chi connectivity index (χ1v) is 8.46. The highest BCUT2D eigenvalue weighted by Crippen LogP contribution is 2.28. The second-order valence-corrected chi connectivity index (χ2v) is 7.04. The number of hydrogen-bond acceptors (Lipinski definition) is 3. The number of carbonyl (C=O) groups is 1. The standard InChI is InChI=1S/C16H17ClN4OS/c1-9(2)21-12(7-8-18-21)15(22)19-16-20(4)13-10(3)5-6-11(17)14(13)23-16/h5-9H,1-4H3. The van der Waals surface area contributed by atoms with Crippen LogP contribution in [0.5, 0.6) is 0 Å². The molecule has 0 saturated carbocycles. The summed E-state index contributed by atoms with van der Waals surface area (Å²) in [7, 11) is 1.90. The van der Waals surface area contributed by atoms with E-state index in [9.17, 15) is 4.79 Å². The Kier molecular flexibility index (Phi) is 4.12. The van der Waals surface area contributed by atoms with Crippen LogP contribution >= 0.6 is 22.9 Å². The van der Waals surface area contributed by atoms with Crippen molar-refractivity contribution < 1.29 is 4.79 Å². The lowest BCUT2D eigenvalue weighted by atomic mass is 10.2. The number of amides is 1. The van der Waals surface area contributed by atoms with E-state index in [0.717, 1.165) is 15.8 Å². The van der Waals surface area contributed by atoms with Crippen LogP contribution in [0.2, 0.25) is 5.02 Å². The summed E-state index contributed by atoms with van der Waals surface area (Å²) < 4.78 is 4.53. The summed E-state index contributed by atoms with van der Waals surface area (Å²) in [5.74, 6) is -0.299. The van der Waals surface area contributed by atoms with E-state index in [4.69, 9.17) is 11.6 Å². The fourth-order valence-electron chi connectivity index (χ4n) is 2.55. The largest absolute Gasteiger partial charge is 0.319 e. The summed E-state index contributed by atoms with van der Waals surface area (Å²) in [5.41, 5.74) is 2.59. The van der Waals surface area contributed by atoms with E-state index in [0.29, 0.717) is 15.5 Å². The maximum absolute atomic E-state index is 12.5. The Morgan fingerprint density at radius 3 is 2.74 bits per heavy atom. The third kappa shape index (κ3) is 2.72. The lowest BCUT2D eigenvalue weighted by Crippen LogP contribution is -2.17. The van der Waals surface area contributed by atoms with E-state index in [-0.39, 0.29) is 11.9 Å². The second-order valence-electron chi connectivity index (χ2n) is 5.66. The lowest BCUT2D eigenvalue weighted by Gasteiger charge is -2.07. The number of rotatable bonds is 2. The fraction of sp³-hybridized carbons (Fsp3) is 0.312. The van der Waals surface area contributed by atoms with Gasteiger partial charge in [0.25, 0.3) is 5.91 Å². The zero-order valence-corrected chi connectivity index (χ0v) is 14.9. The van der Waals surface area contributed by atoms with Crippen LogP contribution in [-0.4, -0.2) is 20.3 Å². The van der Waals surface area contributed by atoms with Crippen molar-refractivity contribution in [3.63, 3.8) is 0 Å². The van der Waals surface area contributed by atoms with Crippen molar-refractivity contribution in [2.45, 2.75) is 26.8 Å². The van der Waals surface area contributed by atoms with Crippen LogP contribution in [0.3, 0.4) is 0 Å². The molecule has 2 aromatic heterocycles. The Balaban J connectivity index is 2.17. The van der Waals surface area contributed by atoms with Crippen molar-refractivity contribution in [2.24, 2.45) is 12.0 Å². The Hall–Kier alpha value is -1.92. The molecule has 1 amide bonds. The van der Waals surface area contributed by atoms with Gasteiger partial charge < -0.3 is 4.57 Å². The molecule has 0 aliphatic heterocycles. The maximum atomic E-state index is 12.5. The van der Waals surface area contributed by atoms with Crippen molar-refractivity contribution in [3.8, 4) is 0 Å². The molecule has 0 N–H and O–H groups in total. The van der Waals surface area contributed by atoms with Gasteiger partial charge in [0.2, 0.25) is 0 Å². The number of hydrogen-bond donors (Lipinski definition) is 0. The van der Waals surface area contributed by atoms with E-state index >= 15 is 0 Å². The number of benzene rings is 1. The smallest absolute Gasteiger partial charge is 0.297 e. The Morgan fingerprint density at radius 2 is 2.09 bits per heavy atom. The molecule has 0 atom stereocenters. The van der Waals surface area contributed by atoms with Gasteiger partial charge in [-0.05, 0) is 38.5 Å². The summed E-state index contributed by atoms with van der Waals surface area (Å²) in [6, 6.07) is 5.63. The topological polar surface area (TPSA) is 52.2 Å². The first-order valence-electron chi connectivity index (χ1n) is 7.27. The summed E-state index contributed by atoms with van der Waals surface area (Å²) in [4.78, 5) is 17.4. The molecule has 0 fully saturated rings. The monoisotopic (exact) mass is 348 g/mol. The molecule has 0 radical (unpaired) electrons. The van der Waals surface area contributed by atoms with E-state index < -0.39 is 0 Å². The SMILES string of the molecule is Cc1ccc(Cl)c2sc(=NC(=O)c3ccnn3C(C)C)n(C)c12. The molecule has 0 spiro atoms. The van der Waals surface area contributed by atoms with Gasteiger partial charge >= 0.3 is 0 Å². The highest BCUT2D eigenvalue weighted by Gasteiger charge is 2.15. The van der Waals surface area contributed by atoms with Crippen LogP contribution in [0.1, 0.15) is 35.9 Å². The van der Waals surface area contributed by atoms with E-state index in [1.54, 1.807) is 16.9 Å². The average Bonchev–Trinajstić information content (AvgIpc) is 3.10. The lowest BCUT2D eigenvalue weighted by molar-refractivity contribution is 0.0986. The Bertz CT molecular complexity index is 964. The van der Waals surface area contributed by atoms with E-state index in [2.05, 4.69) is 10.1 Å². The predicted octanol–water partition coefficient (Wildman–Crippen LogP) is 3.72. The van der Waals surface area contributed by atoms with Gasteiger partial charge in [-0.1, -0.05) is 29.0 Å². The molecule has 120 valence electrons. The van der Waals surface area contributed by atoms with E-state index in [1.165, 1.54) is 11.3 Å². The van der Waals surface area contributed by atoms with Crippen molar-refractivity contribution in [2.75, 3.05) is 0 Å². The number of fused-ring (bicyclic) bond motifs is 1. The van der Waals surface area contributed by atoms with Crippen molar-refractivity contribution >= 4 is 39.1 Å². The van der Waals surface area contributed by atoms with Crippen LogP contribution in [0, 0.1) is 6.92 Å². The molecule has 2 heterocycles. The maximum Gasteiger partial charge on any atom is 0.297 e. The molecule has 0 aliphatic rings. The van der Waals surface area contributed by atoms with Crippen LogP contribution in [0.25, 0.3) is 10.2 Å². The molecule has 0 saturated heterocycles. The first-order chi connectivity index (χ1) is 10.9. The van der Waals surface area contributed by atoms with Gasteiger partial charge in [0.05, 0.1) is 15.2 Å². The van der Waals surface area contributed by atoms with Crippen molar-refractivity contribution in [1.82, 2.24) is 14.3 Å². The normalized spacial score (nSPS) is 12.5. The van der Waals surface area contributed by atoms with Gasteiger partial charge in [-0.2, -0.15) is 10.1 Å². The minimum absolute atomic E-state index is 0.104. The molecule has 5 nitrogen and oxygen atoms in total. The first kappa shape index (κ1) is 16.0. The number of thiazole rings is 1. The molecule has 0 unspecified atom stereocenters. The average molecular weight is 349 g/mol. The molecule has 1 aromatic carbocycles. The van der Waals surface area contributed by atoms with Crippen LogP contribution in [0.15, 0.2) is 29.4 Å². The third-order valence-electron chi connectivity index (χ3n) is 3.68. The summed E-state index contributed by atoms with van der Waals surface area (Å²) in [5, 5.41) is 4.86. The summed E-state index contributed by atoms with van der Waals surface area (Å²) in [6.07, 6.45) is 1.62. The van der Waals surface area contributed by atoms with Gasteiger partial charge in [-0.15, -0.1) is 0 Å². The quantitative estimate of drug-likeness (QED) is 0.708. The summed E-state index contributed by atoms with van der Waals surface area (Å²) in [6.45, 7) is 5.98. The Labute approximate surface area is 142 Å². The van der Waals surface area contributed by atoms with Crippen molar-refractivity contribution in [3.05, 3.63) is 45.5 Å². The van der Waals surface area contributed by atoms with E-state index in [1.807, 2.05) is 44.5 Å². The molecule has 0 aliphatic carbocycles. The number of aryl methyl sites for hydroxylation is 2. The van der Waals surface area contributed by atoms with Crippen LogP contribution < -0.4 is 4.80 Å². The highest BCUT2D eigenvalue weighted by molar-refractivity contribution is 7.17. The van der Waals surface area contributed by atoms with Gasteiger partial charge in [0.1, 0.15) is 5.69 Å². The third-order valence-corrected chi connectivity index (χ3v) is 5.27. The number of nitrogens with zero attached hydrogens (tertiary/aromatic N) is 4. The molecular formula is C16H17ClN4OS. The van der Waals surface area contributed by atoms with Crippen LogP contribution in [-0.2, 0) is 7.05 Å². The summed E-state index contributed by atoms with van der Waals surface area (Å²) >= 11 is 7.69. The fourth-order valence-corrected chi connectivity index (χ4v) is 3.92. The number of halogens is 1. The van der Waals surface area contributed by atoms with Gasteiger partial charge in [-0.3, -0.25) is 9.48 Å². The van der Waals surface area contributed by atoms with Gasteiger partial charge in [-0.25, -0.2) is 0 Å². The zero-order valence-electron chi connectivity index (χ0n) is 13.4. The minimum atomic E-state index is -0.299. The van der Waals surface area contributed by atoms with Crippen molar-refractivity contribution in [1.29, 1.82) is 0 Å². The van der Waals surface area contributed by atoms with Crippen LogP contribution in [0.4, 0.5) is 0 Å². The molecular weight excluding hydrogens is 332 g/mol. The Morgan fingerprint density at radius 1 is 1.35 bits per heavy atom. The molecule has 23 heavy (non-hydrogen) atoms. The molecule has 7 heteroatoms. The number of aromatic nitrogens is 3. The molecule has 0 bridgehead atoms. The second kappa shape index (κ2) is 5.94. The molecule has 3 aromatic rings. The molecule has 3 rings (SSSR count). The zero-order chi connectivity index (χ0) is 16.7. The number of carbonyl (C=O) groups excluding carboxylic acids is 1.